The van der Waals surface area contributed by atoms with Crippen LogP contribution in [0.15, 0.2) is 36.4 Å². The van der Waals surface area contributed by atoms with Crippen molar-refractivity contribution in [2.45, 2.75) is 20.8 Å². The van der Waals surface area contributed by atoms with Gasteiger partial charge in [-0.25, -0.2) is 4.98 Å². The lowest BCUT2D eigenvalue weighted by atomic mass is 9.90. The Labute approximate surface area is 116 Å². The average molecular weight is 269 g/mol. The third-order valence-corrected chi connectivity index (χ3v) is 4.16. The molecule has 2 nitrogen and oxygen atoms in total. The molecular weight excluding hydrogens is 254 g/mol. The van der Waals surface area contributed by atoms with E-state index in [4.69, 9.17) is 0 Å². The molecule has 0 fully saturated rings. The molecule has 0 radical (unpaired) electrons. The Balaban J connectivity index is 2.20. The van der Waals surface area contributed by atoms with Gasteiger partial charge in [0.05, 0.1) is 10.4 Å². The maximum absolute atomic E-state index is 12.3. The summed E-state index contributed by atoms with van der Waals surface area (Å²) in [4.78, 5) is 18.7. The van der Waals surface area contributed by atoms with Gasteiger partial charge in [0.25, 0.3) is 0 Å². The summed E-state index contributed by atoms with van der Waals surface area (Å²) in [6, 6.07) is 12.1. The number of hydrogen-bond donors (Lipinski definition) is 0. The first-order chi connectivity index (χ1) is 8.95. The summed E-state index contributed by atoms with van der Waals surface area (Å²) in [6.45, 7) is 5.84. The molecule has 3 heteroatoms. The molecule has 96 valence electrons. The molecule has 0 amide bonds. The third-order valence-electron chi connectivity index (χ3n) is 3.11. The van der Waals surface area contributed by atoms with Crippen LogP contribution < -0.4 is 0 Å². The molecule has 0 N–H and O–H groups in total. The predicted octanol–water partition coefficient (Wildman–Crippen LogP) is 4.68. The lowest BCUT2D eigenvalue weighted by Crippen LogP contribution is -2.18. The maximum atomic E-state index is 12.3. The quantitative estimate of drug-likeness (QED) is 0.600. The molecule has 0 atom stereocenters. The molecule has 2 aromatic heterocycles. The van der Waals surface area contributed by atoms with Crippen LogP contribution >= 0.6 is 11.3 Å². The molecule has 3 aromatic rings. The number of carbonyl (C=O) groups is 1. The molecule has 0 aliphatic rings. The Bertz CT molecular complexity index is 728. The van der Waals surface area contributed by atoms with E-state index in [1.165, 1.54) is 11.3 Å². The maximum Gasteiger partial charge on any atom is 0.178 e. The monoisotopic (exact) mass is 269 g/mol. The van der Waals surface area contributed by atoms with Crippen molar-refractivity contribution in [3.8, 4) is 0 Å². The summed E-state index contributed by atoms with van der Waals surface area (Å²) >= 11 is 1.49. The Morgan fingerprint density at radius 3 is 2.58 bits per heavy atom. The minimum Gasteiger partial charge on any atom is -0.293 e. The molecule has 0 spiro atoms. The summed E-state index contributed by atoms with van der Waals surface area (Å²) in [5.74, 6) is 0.180. The lowest BCUT2D eigenvalue weighted by molar-refractivity contribution is 0.0863. The zero-order chi connectivity index (χ0) is 13.6. The van der Waals surface area contributed by atoms with Gasteiger partial charge in [-0.3, -0.25) is 4.79 Å². The topological polar surface area (TPSA) is 30.0 Å². The standard InChI is InChI=1S/C16H15NOS/c1-16(2,3)14(18)13-9-11-8-10-6-4-5-7-12(10)17-15(11)19-13/h4-9H,1-3H3. The summed E-state index contributed by atoms with van der Waals surface area (Å²) in [5.41, 5.74) is 0.631. The van der Waals surface area contributed by atoms with E-state index in [0.717, 1.165) is 26.0 Å². The van der Waals surface area contributed by atoms with E-state index in [-0.39, 0.29) is 11.2 Å². The smallest absolute Gasteiger partial charge is 0.178 e. The van der Waals surface area contributed by atoms with Crippen LogP contribution in [0.1, 0.15) is 30.4 Å². The van der Waals surface area contributed by atoms with Crippen LogP contribution in [-0.4, -0.2) is 10.8 Å². The number of aromatic nitrogens is 1. The zero-order valence-electron chi connectivity index (χ0n) is 11.2. The van der Waals surface area contributed by atoms with Crippen molar-refractivity contribution in [3.63, 3.8) is 0 Å². The minimum atomic E-state index is -0.347. The molecule has 0 saturated carbocycles. The van der Waals surface area contributed by atoms with E-state index in [9.17, 15) is 4.79 Å². The number of benzene rings is 1. The number of hydrogen-bond acceptors (Lipinski definition) is 3. The first kappa shape index (κ1) is 12.3. The van der Waals surface area contributed by atoms with Gasteiger partial charge >= 0.3 is 0 Å². The van der Waals surface area contributed by atoms with Crippen molar-refractivity contribution in [1.29, 1.82) is 0 Å². The fraction of sp³-hybridized carbons (Fsp3) is 0.250. The second kappa shape index (κ2) is 4.14. The summed E-state index contributed by atoms with van der Waals surface area (Å²) < 4.78 is 0. The van der Waals surface area contributed by atoms with Crippen molar-refractivity contribution in [1.82, 2.24) is 4.98 Å². The molecular formula is C16H15NOS. The minimum absolute atomic E-state index is 0.180. The van der Waals surface area contributed by atoms with Gasteiger partial charge in [0.1, 0.15) is 4.83 Å². The van der Waals surface area contributed by atoms with Crippen LogP contribution in [0.25, 0.3) is 21.1 Å². The van der Waals surface area contributed by atoms with Gasteiger partial charge in [-0.05, 0) is 18.2 Å². The fourth-order valence-electron chi connectivity index (χ4n) is 2.06. The summed E-state index contributed by atoms with van der Waals surface area (Å²) in [5, 5.41) is 2.17. The van der Waals surface area contributed by atoms with E-state index in [2.05, 4.69) is 11.1 Å². The van der Waals surface area contributed by atoms with Gasteiger partial charge in [0, 0.05) is 16.2 Å². The van der Waals surface area contributed by atoms with Crippen LogP contribution in [-0.2, 0) is 0 Å². The van der Waals surface area contributed by atoms with Gasteiger partial charge in [-0.15, -0.1) is 11.3 Å². The van der Waals surface area contributed by atoms with E-state index in [1.54, 1.807) is 0 Å². The van der Waals surface area contributed by atoms with Crippen molar-refractivity contribution in [2.24, 2.45) is 5.41 Å². The first-order valence-corrected chi connectivity index (χ1v) is 7.11. The van der Waals surface area contributed by atoms with Gasteiger partial charge in [0.2, 0.25) is 0 Å². The van der Waals surface area contributed by atoms with Crippen molar-refractivity contribution < 1.29 is 4.79 Å². The number of pyridine rings is 1. The fourth-order valence-corrected chi connectivity index (χ4v) is 3.23. The number of rotatable bonds is 1. The molecule has 0 aliphatic heterocycles. The number of ketones is 1. The first-order valence-electron chi connectivity index (χ1n) is 6.29. The number of para-hydroxylation sites is 1. The normalized spacial score (nSPS) is 12.2. The van der Waals surface area contributed by atoms with E-state index in [1.807, 2.05) is 51.1 Å². The molecule has 1 aromatic carbocycles. The number of thiophene rings is 1. The van der Waals surface area contributed by atoms with Gasteiger partial charge in [0.15, 0.2) is 5.78 Å². The highest BCUT2D eigenvalue weighted by Crippen LogP contribution is 2.31. The van der Waals surface area contributed by atoms with Gasteiger partial charge in [-0.2, -0.15) is 0 Å². The van der Waals surface area contributed by atoms with E-state index < -0.39 is 0 Å². The van der Waals surface area contributed by atoms with Gasteiger partial charge in [-0.1, -0.05) is 39.0 Å². The SMILES string of the molecule is CC(C)(C)C(=O)c1cc2cc3ccccc3nc2s1. The van der Waals surface area contributed by atoms with Crippen LogP contribution in [0.3, 0.4) is 0 Å². The molecule has 2 heterocycles. The third kappa shape index (κ3) is 2.15. The highest BCUT2D eigenvalue weighted by molar-refractivity contribution is 7.20. The molecule has 0 bridgehead atoms. The Kier molecular flexibility index (Phi) is 2.68. The number of Topliss-reactive ketones (excluding diaryl/α,β-unsaturated/α-hetero) is 1. The van der Waals surface area contributed by atoms with Crippen molar-refractivity contribution in [3.05, 3.63) is 41.3 Å². The molecule has 0 saturated heterocycles. The lowest BCUT2D eigenvalue weighted by Gasteiger charge is -2.14. The van der Waals surface area contributed by atoms with Crippen molar-refractivity contribution >= 4 is 38.2 Å². The van der Waals surface area contributed by atoms with Crippen LogP contribution in [0.5, 0.6) is 0 Å². The average Bonchev–Trinajstić information content (AvgIpc) is 2.76. The van der Waals surface area contributed by atoms with Crippen molar-refractivity contribution in [2.75, 3.05) is 0 Å². The van der Waals surface area contributed by atoms with Gasteiger partial charge < -0.3 is 0 Å². The van der Waals surface area contributed by atoms with E-state index in [0.29, 0.717) is 0 Å². The second-order valence-electron chi connectivity index (χ2n) is 5.77. The summed E-state index contributed by atoms with van der Waals surface area (Å²) in [6.07, 6.45) is 0. The van der Waals surface area contributed by atoms with E-state index >= 15 is 0 Å². The number of nitrogens with zero attached hydrogens (tertiary/aromatic N) is 1. The Morgan fingerprint density at radius 2 is 1.84 bits per heavy atom. The Hall–Kier alpha value is -1.74. The predicted molar refractivity (Wildman–Crippen MR) is 80.9 cm³/mol. The molecule has 0 unspecified atom stereocenters. The van der Waals surface area contributed by atoms with Crippen LogP contribution in [0.4, 0.5) is 0 Å². The zero-order valence-corrected chi connectivity index (χ0v) is 12.0. The number of carbonyl (C=O) groups excluding carboxylic acids is 1. The molecule has 3 rings (SSSR count). The largest absolute Gasteiger partial charge is 0.293 e. The summed E-state index contributed by atoms with van der Waals surface area (Å²) in [7, 11) is 0. The highest BCUT2D eigenvalue weighted by Gasteiger charge is 2.24. The molecule has 19 heavy (non-hydrogen) atoms. The Morgan fingerprint density at radius 1 is 1.11 bits per heavy atom. The molecule has 0 aliphatic carbocycles. The number of fused-ring (bicyclic) bond motifs is 2. The van der Waals surface area contributed by atoms with Crippen LogP contribution in [0.2, 0.25) is 0 Å². The second-order valence-corrected chi connectivity index (χ2v) is 6.80. The van der Waals surface area contributed by atoms with Crippen LogP contribution in [0, 0.1) is 5.41 Å². The highest BCUT2D eigenvalue weighted by atomic mass is 32.1.